The largest absolute Gasteiger partial charge is 0.490 e. The minimum atomic E-state index is -0.456. The summed E-state index contributed by atoms with van der Waals surface area (Å²) in [6.07, 6.45) is 9.86. The number of hydrogen-bond donors (Lipinski definition) is 2. The fraction of sp³-hybridized carbons (Fsp3) is 0.636. The zero-order valence-electron chi connectivity index (χ0n) is 15.7. The Morgan fingerprint density at radius 2 is 1.85 bits per heavy atom. The van der Waals surface area contributed by atoms with Gasteiger partial charge in [-0.05, 0) is 81.5 Å². The maximum atomic E-state index is 10.6. The summed E-state index contributed by atoms with van der Waals surface area (Å²) in [6.45, 7) is 1.05. The molecule has 4 saturated carbocycles. The number of fused-ring (bicyclic) bond motifs is 1. The quantitative estimate of drug-likeness (QED) is 0.829. The van der Waals surface area contributed by atoms with E-state index in [1.165, 1.54) is 38.5 Å². The minimum Gasteiger partial charge on any atom is -0.490 e. The van der Waals surface area contributed by atoms with Crippen molar-refractivity contribution in [2.75, 3.05) is 20.2 Å². The summed E-state index contributed by atoms with van der Waals surface area (Å²) in [5, 5.41) is 11.7. The van der Waals surface area contributed by atoms with Crippen molar-refractivity contribution in [2.45, 2.75) is 50.2 Å². The van der Waals surface area contributed by atoms with Gasteiger partial charge >= 0.3 is 0 Å². The first-order valence-corrected chi connectivity index (χ1v) is 10.2. The van der Waals surface area contributed by atoms with Crippen molar-refractivity contribution in [3.05, 3.63) is 30.5 Å². The Labute approximate surface area is 155 Å². The summed E-state index contributed by atoms with van der Waals surface area (Å²) in [5.41, 5.74) is 1.42. The second kappa shape index (κ2) is 6.28. The first kappa shape index (κ1) is 16.6. The lowest BCUT2D eigenvalue weighted by Crippen LogP contribution is -2.60. The van der Waals surface area contributed by atoms with Gasteiger partial charge in [0, 0.05) is 29.2 Å². The van der Waals surface area contributed by atoms with Crippen LogP contribution in [0.1, 0.15) is 38.5 Å². The van der Waals surface area contributed by atoms with Crippen molar-refractivity contribution in [2.24, 2.45) is 17.8 Å². The summed E-state index contributed by atoms with van der Waals surface area (Å²) in [5.74, 6) is 3.65. The SMILES string of the molecule is CN(C[C@H](O)COc1cccc2[nH]ccc12)C12CC3CC(CC(C3)C1)C2. The second-order valence-corrected chi connectivity index (χ2v) is 9.18. The maximum Gasteiger partial charge on any atom is 0.128 e. The first-order valence-electron chi connectivity index (χ1n) is 10.2. The molecule has 0 amide bonds. The third kappa shape index (κ3) is 2.84. The molecule has 0 aliphatic heterocycles. The zero-order chi connectivity index (χ0) is 17.7. The number of β-amino-alcohol motifs (C(OH)–C–C–N with tert-alkyl or cyclic N) is 1. The van der Waals surface area contributed by atoms with E-state index in [-0.39, 0.29) is 0 Å². The number of aliphatic hydroxyl groups excluding tert-OH is 1. The van der Waals surface area contributed by atoms with Crippen LogP contribution in [0.2, 0.25) is 0 Å². The molecule has 4 aliphatic rings. The number of H-pyrrole nitrogens is 1. The summed E-state index contributed by atoms with van der Waals surface area (Å²) < 4.78 is 5.96. The molecule has 140 valence electrons. The Kier molecular flexibility index (Phi) is 4.02. The number of aliphatic hydroxyl groups is 1. The molecule has 4 nitrogen and oxygen atoms in total. The third-order valence-electron chi connectivity index (χ3n) is 7.29. The Morgan fingerprint density at radius 1 is 1.15 bits per heavy atom. The topological polar surface area (TPSA) is 48.5 Å². The fourth-order valence-electron chi connectivity index (χ4n) is 6.46. The van der Waals surface area contributed by atoms with Crippen LogP contribution in [0.5, 0.6) is 5.75 Å². The fourth-order valence-corrected chi connectivity index (χ4v) is 6.46. The van der Waals surface area contributed by atoms with Gasteiger partial charge in [0.1, 0.15) is 18.5 Å². The highest BCUT2D eigenvalue weighted by atomic mass is 16.5. The third-order valence-corrected chi connectivity index (χ3v) is 7.29. The van der Waals surface area contributed by atoms with Crippen LogP contribution in [0.25, 0.3) is 10.9 Å². The van der Waals surface area contributed by atoms with E-state index in [9.17, 15) is 5.11 Å². The number of nitrogens with one attached hydrogen (secondary N) is 1. The summed E-state index contributed by atoms with van der Waals surface area (Å²) >= 11 is 0. The highest BCUT2D eigenvalue weighted by molar-refractivity contribution is 5.85. The highest BCUT2D eigenvalue weighted by Gasteiger charge is 2.52. The average molecular weight is 354 g/mol. The molecule has 1 aromatic carbocycles. The molecule has 0 spiro atoms. The predicted octanol–water partition coefficient (Wildman–Crippen LogP) is 3.81. The molecule has 2 aromatic rings. The van der Waals surface area contributed by atoms with Crippen molar-refractivity contribution in [1.82, 2.24) is 9.88 Å². The molecule has 1 atom stereocenters. The zero-order valence-corrected chi connectivity index (χ0v) is 15.7. The van der Waals surface area contributed by atoms with Crippen LogP contribution in [0.4, 0.5) is 0 Å². The number of aromatic nitrogens is 1. The Morgan fingerprint density at radius 3 is 2.54 bits per heavy atom. The molecule has 26 heavy (non-hydrogen) atoms. The lowest BCUT2D eigenvalue weighted by atomic mass is 9.52. The molecule has 1 heterocycles. The molecular weight excluding hydrogens is 324 g/mol. The van der Waals surface area contributed by atoms with Crippen LogP contribution in [0.15, 0.2) is 30.5 Å². The predicted molar refractivity (Wildman–Crippen MR) is 103 cm³/mol. The summed E-state index contributed by atoms with van der Waals surface area (Å²) in [6, 6.07) is 8.03. The molecule has 2 N–H and O–H groups in total. The van der Waals surface area contributed by atoms with E-state index < -0.39 is 6.10 Å². The Bertz CT molecular complexity index is 748. The Hall–Kier alpha value is -1.52. The monoisotopic (exact) mass is 354 g/mol. The number of benzene rings is 1. The van der Waals surface area contributed by atoms with Crippen molar-refractivity contribution in [3.63, 3.8) is 0 Å². The number of hydrogen-bond acceptors (Lipinski definition) is 3. The number of aromatic amines is 1. The highest BCUT2D eigenvalue weighted by Crippen LogP contribution is 2.57. The van der Waals surface area contributed by atoms with Crippen molar-refractivity contribution in [3.8, 4) is 5.75 Å². The molecule has 0 radical (unpaired) electrons. The van der Waals surface area contributed by atoms with Gasteiger partial charge < -0.3 is 14.8 Å². The summed E-state index contributed by atoms with van der Waals surface area (Å²) in [4.78, 5) is 5.68. The van der Waals surface area contributed by atoms with E-state index in [4.69, 9.17) is 4.74 Å². The summed E-state index contributed by atoms with van der Waals surface area (Å²) in [7, 11) is 2.23. The standard InChI is InChI=1S/C22H30N2O2/c1-24(22-10-15-7-16(11-22)9-17(8-15)12-22)13-18(25)14-26-21-4-2-3-20-19(21)5-6-23-20/h2-6,15-18,23,25H,7-14H2,1H3/t15?,16?,17?,18-,22?/m0/s1. The number of rotatable bonds is 6. The average Bonchev–Trinajstić information content (AvgIpc) is 3.08. The van der Waals surface area contributed by atoms with E-state index in [0.717, 1.165) is 34.4 Å². The molecule has 0 saturated heterocycles. The van der Waals surface area contributed by atoms with E-state index in [2.05, 4.69) is 16.9 Å². The van der Waals surface area contributed by atoms with E-state index in [1.807, 2.05) is 30.5 Å². The van der Waals surface area contributed by atoms with E-state index >= 15 is 0 Å². The van der Waals surface area contributed by atoms with Crippen LogP contribution in [0.3, 0.4) is 0 Å². The van der Waals surface area contributed by atoms with Crippen LogP contribution in [0, 0.1) is 17.8 Å². The molecule has 6 rings (SSSR count). The van der Waals surface area contributed by atoms with Gasteiger partial charge in [0.15, 0.2) is 0 Å². The molecule has 0 unspecified atom stereocenters. The lowest BCUT2D eigenvalue weighted by Gasteiger charge is -2.60. The molecule has 4 bridgehead atoms. The first-order chi connectivity index (χ1) is 12.6. The second-order valence-electron chi connectivity index (χ2n) is 9.18. The van der Waals surface area contributed by atoms with Gasteiger partial charge in [-0.2, -0.15) is 0 Å². The number of likely N-dealkylation sites (N-methyl/N-ethyl adjacent to an activating group) is 1. The van der Waals surface area contributed by atoms with Crippen molar-refractivity contribution < 1.29 is 9.84 Å². The van der Waals surface area contributed by atoms with Gasteiger partial charge in [0.05, 0.1) is 0 Å². The lowest BCUT2D eigenvalue weighted by molar-refractivity contribution is -0.0911. The van der Waals surface area contributed by atoms with Gasteiger partial charge in [0.2, 0.25) is 0 Å². The molecular formula is C22H30N2O2. The molecule has 4 heteroatoms. The van der Waals surface area contributed by atoms with Crippen molar-refractivity contribution >= 4 is 10.9 Å². The van der Waals surface area contributed by atoms with Gasteiger partial charge in [-0.3, -0.25) is 4.90 Å². The Balaban J connectivity index is 1.22. The molecule has 4 fully saturated rings. The van der Waals surface area contributed by atoms with Crippen LogP contribution < -0.4 is 4.74 Å². The smallest absolute Gasteiger partial charge is 0.128 e. The van der Waals surface area contributed by atoms with Gasteiger partial charge in [-0.1, -0.05) is 6.07 Å². The van der Waals surface area contributed by atoms with Crippen LogP contribution >= 0.6 is 0 Å². The van der Waals surface area contributed by atoms with E-state index in [0.29, 0.717) is 18.7 Å². The van der Waals surface area contributed by atoms with Gasteiger partial charge in [-0.15, -0.1) is 0 Å². The molecule has 1 aromatic heterocycles. The number of ether oxygens (including phenoxy) is 1. The minimum absolute atomic E-state index is 0.344. The number of nitrogens with zero attached hydrogens (tertiary/aromatic N) is 1. The maximum absolute atomic E-state index is 10.6. The van der Waals surface area contributed by atoms with Crippen LogP contribution in [-0.2, 0) is 0 Å². The normalized spacial score (nSPS) is 33.9. The van der Waals surface area contributed by atoms with Gasteiger partial charge in [-0.25, -0.2) is 0 Å². The van der Waals surface area contributed by atoms with Crippen molar-refractivity contribution in [1.29, 1.82) is 0 Å². The van der Waals surface area contributed by atoms with E-state index in [1.54, 1.807) is 0 Å². The van der Waals surface area contributed by atoms with Crippen LogP contribution in [-0.4, -0.2) is 46.8 Å². The van der Waals surface area contributed by atoms with Gasteiger partial charge in [0.25, 0.3) is 0 Å². The molecule has 4 aliphatic carbocycles.